The summed E-state index contributed by atoms with van der Waals surface area (Å²) < 4.78 is 60.6. The fourth-order valence-electron chi connectivity index (χ4n) is 3.64. The highest BCUT2D eigenvalue weighted by molar-refractivity contribution is 5.68. The molecule has 0 aromatic heterocycles. The van der Waals surface area contributed by atoms with Crippen molar-refractivity contribution >= 4 is 6.09 Å². The molecule has 0 saturated carbocycles. The molecule has 1 aromatic carbocycles. The van der Waals surface area contributed by atoms with E-state index < -0.39 is 25.0 Å². The van der Waals surface area contributed by atoms with Crippen LogP contribution >= 0.6 is 0 Å². The molecule has 1 amide bonds. The van der Waals surface area contributed by atoms with Gasteiger partial charge in [-0.2, -0.15) is 13.2 Å². The lowest BCUT2D eigenvalue weighted by Gasteiger charge is -2.38. The number of methoxy groups -OCH3 is 1. The molecule has 1 spiro atoms. The number of rotatable bonds is 6. The molecule has 1 aromatic rings. The maximum absolute atomic E-state index is 13.3. The maximum Gasteiger partial charge on any atom is 0.427 e. The van der Waals surface area contributed by atoms with Gasteiger partial charge in [-0.1, -0.05) is 12.1 Å². The zero-order valence-corrected chi connectivity index (χ0v) is 16.4. The first kappa shape index (κ1) is 21.7. The second-order valence-electron chi connectivity index (χ2n) is 7.40. The van der Waals surface area contributed by atoms with E-state index in [1.54, 1.807) is 24.3 Å². The lowest BCUT2D eigenvalue weighted by Crippen LogP contribution is -2.49. The largest absolute Gasteiger partial charge is 0.497 e. The molecule has 2 aliphatic rings. The van der Waals surface area contributed by atoms with E-state index in [-0.39, 0.29) is 12.2 Å². The molecular weight excluding hydrogens is 391 g/mol. The molecule has 2 saturated heterocycles. The number of benzene rings is 1. The molecule has 2 aliphatic heterocycles. The van der Waals surface area contributed by atoms with Crippen LogP contribution in [-0.4, -0.2) is 62.3 Å². The van der Waals surface area contributed by atoms with Crippen molar-refractivity contribution in [1.82, 2.24) is 4.90 Å². The normalized spacial score (nSPS) is 19.9. The fourth-order valence-corrected chi connectivity index (χ4v) is 3.64. The minimum atomic E-state index is -4.71. The summed E-state index contributed by atoms with van der Waals surface area (Å²) in [6.45, 7) is 0.568. The highest BCUT2D eigenvalue weighted by atomic mass is 19.4. The van der Waals surface area contributed by atoms with E-state index in [4.69, 9.17) is 18.9 Å². The van der Waals surface area contributed by atoms with Crippen molar-refractivity contribution in [3.05, 3.63) is 29.8 Å². The lowest BCUT2D eigenvalue weighted by molar-refractivity contribution is -0.220. The van der Waals surface area contributed by atoms with Crippen LogP contribution in [-0.2, 0) is 20.8 Å². The molecule has 1 atom stereocenters. The van der Waals surface area contributed by atoms with Crippen LogP contribution < -0.4 is 4.74 Å². The molecule has 2 heterocycles. The molecule has 6 nitrogen and oxygen atoms in total. The Morgan fingerprint density at radius 3 is 2.45 bits per heavy atom. The number of piperidine rings is 1. The summed E-state index contributed by atoms with van der Waals surface area (Å²) in [5.41, 5.74) is 0.470. The average Bonchev–Trinajstić information content (AvgIpc) is 3.15. The number of carbonyl (C=O) groups is 1. The Labute approximate surface area is 167 Å². The van der Waals surface area contributed by atoms with Crippen LogP contribution in [0.3, 0.4) is 0 Å². The van der Waals surface area contributed by atoms with Gasteiger partial charge in [0.05, 0.1) is 25.9 Å². The second kappa shape index (κ2) is 9.21. The molecule has 162 valence electrons. The number of hydrogen-bond donors (Lipinski definition) is 0. The van der Waals surface area contributed by atoms with Crippen LogP contribution in [0, 0.1) is 0 Å². The fraction of sp³-hybridized carbons (Fsp3) is 0.650. The summed E-state index contributed by atoms with van der Waals surface area (Å²) in [5, 5.41) is 0. The molecular formula is C20H26F3NO5. The first-order valence-corrected chi connectivity index (χ1v) is 9.68. The van der Waals surface area contributed by atoms with Crippen LogP contribution in [0.5, 0.6) is 5.75 Å². The third-order valence-corrected chi connectivity index (χ3v) is 5.42. The molecule has 0 bridgehead atoms. The van der Waals surface area contributed by atoms with Crippen molar-refractivity contribution in [2.75, 3.05) is 33.4 Å². The summed E-state index contributed by atoms with van der Waals surface area (Å²) >= 11 is 0. The van der Waals surface area contributed by atoms with Gasteiger partial charge in [0.1, 0.15) is 5.75 Å². The molecule has 2 fully saturated rings. The molecule has 3 rings (SSSR count). The van der Waals surface area contributed by atoms with Crippen LogP contribution in [0.1, 0.15) is 31.2 Å². The molecule has 0 unspecified atom stereocenters. The van der Waals surface area contributed by atoms with Gasteiger partial charge < -0.3 is 23.8 Å². The topological polar surface area (TPSA) is 57.2 Å². The second-order valence-corrected chi connectivity index (χ2v) is 7.40. The molecule has 0 N–H and O–H groups in total. The van der Waals surface area contributed by atoms with Crippen molar-refractivity contribution in [1.29, 1.82) is 0 Å². The minimum Gasteiger partial charge on any atom is -0.497 e. The monoisotopic (exact) mass is 417 g/mol. The highest BCUT2D eigenvalue weighted by Crippen LogP contribution is 2.36. The van der Waals surface area contributed by atoms with E-state index in [9.17, 15) is 18.0 Å². The summed E-state index contributed by atoms with van der Waals surface area (Å²) in [4.78, 5) is 13.6. The van der Waals surface area contributed by atoms with E-state index in [0.29, 0.717) is 43.9 Å². The third-order valence-electron chi connectivity index (χ3n) is 5.42. The Morgan fingerprint density at radius 1 is 1.21 bits per heavy atom. The molecule has 9 heteroatoms. The van der Waals surface area contributed by atoms with Crippen LogP contribution in [0.4, 0.5) is 18.0 Å². The van der Waals surface area contributed by atoms with Gasteiger partial charge in [0.15, 0.2) is 0 Å². The van der Waals surface area contributed by atoms with E-state index in [1.165, 1.54) is 12.0 Å². The van der Waals surface area contributed by atoms with E-state index in [1.807, 2.05) is 0 Å². The number of nitrogens with zero attached hydrogens (tertiary/aromatic N) is 1. The van der Waals surface area contributed by atoms with E-state index in [2.05, 4.69) is 0 Å². The van der Waals surface area contributed by atoms with Gasteiger partial charge in [-0.05, 0) is 43.4 Å². The Morgan fingerprint density at radius 2 is 1.90 bits per heavy atom. The van der Waals surface area contributed by atoms with Crippen LogP contribution in [0.25, 0.3) is 0 Å². The Balaban J connectivity index is 1.48. The quantitative estimate of drug-likeness (QED) is 0.702. The van der Waals surface area contributed by atoms with Crippen LogP contribution in [0.15, 0.2) is 24.3 Å². The number of amides is 1. The van der Waals surface area contributed by atoms with Crippen LogP contribution in [0.2, 0.25) is 0 Å². The van der Waals surface area contributed by atoms with Crippen molar-refractivity contribution < 1.29 is 36.9 Å². The molecule has 29 heavy (non-hydrogen) atoms. The zero-order chi connectivity index (χ0) is 20.9. The van der Waals surface area contributed by atoms with Gasteiger partial charge in [0.25, 0.3) is 0 Å². The lowest BCUT2D eigenvalue weighted by atomic mass is 9.89. The minimum absolute atomic E-state index is 0.0301. The Kier molecular flexibility index (Phi) is 6.89. The maximum atomic E-state index is 13.3. The van der Waals surface area contributed by atoms with Crippen molar-refractivity contribution in [2.24, 2.45) is 0 Å². The van der Waals surface area contributed by atoms with Crippen molar-refractivity contribution in [3.8, 4) is 5.75 Å². The predicted octanol–water partition coefficient (Wildman–Crippen LogP) is 3.92. The first-order chi connectivity index (χ1) is 13.8. The molecule has 0 radical (unpaired) electrons. The van der Waals surface area contributed by atoms with Gasteiger partial charge in [-0.25, -0.2) is 4.79 Å². The smallest absolute Gasteiger partial charge is 0.427 e. The van der Waals surface area contributed by atoms with E-state index in [0.717, 1.165) is 12.8 Å². The number of ether oxygens (including phenoxy) is 4. The van der Waals surface area contributed by atoms with E-state index >= 15 is 0 Å². The van der Waals surface area contributed by atoms with Gasteiger partial charge in [-0.3, -0.25) is 0 Å². The number of likely N-dealkylation sites (tertiary alicyclic amines) is 1. The Hall–Kier alpha value is -2.00. The summed E-state index contributed by atoms with van der Waals surface area (Å²) in [7, 11) is 1.52. The average molecular weight is 417 g/mol. The van der Waals surface area contributed by atoms with Gasteiger partial charge >= 0.3 is 12.3 Å². The van der Waals surface area contributed by atoms with Gasteiger partial charge in [0.2, 0.25) is 6.10 Å². The number of halogens is 3. The van der Waals surface area contributed by atoms with Crippen molar-refractivity contribution in [2.45, 2.75) is 50.2 Å². The van der Waals surface area contributed by atoms with Gasteiger partial charge in [-0.15, -0.1) is 0 Å². The number of hydrogen-bond acceptors (Lipinski definition) is 5. The third kappa shape index (κ3) is 5.76. The summed E-state index contributed by atoms with van der Waals surface area (Å²) in [6.07, 6.45) is -4.84. The number of carbonyl (C=O) groups excluding carboxylic acids is 1. The highest BCUT2D eigenvalue weighted by Gasteiger charge is 2.45. The summed E-state index contributed by atoms with van der Waals surface area (Å²) in [6, 6.07) is 6.78. The summed E-state index contributed by atoms with van der Waals surface area (Å²) in [5.74, 6) is 0.641. The predicted molar refractivity (Wildman–Crippen MR) is 97.7 cm³/mol. The van der Waals surface area contributed by atoms with Crippen molar-refractivity contribution in [3.63, 3.8) is 0 Å². The first-order valence-electron chi connectivity index (χ1n) is 9.68. The number of alkyl halides is 3. The SMILES string of the molecule is COc1ccc(COC[C@@H](OC(=O)N2CCC3(CCCO3)CC2)C(F)(F)F)cc1. The zero-order valence-electron chi connectivity index (χ0n) is 16.4. The Bertz CT molecular complexity index is 664. The molecule has 0 aliphatic carbocycles. The standard InChI is InChI=1S/C20H26F3NO5/c1-26-16-5-3-15(4-6-16)13-27-14-17(20(21,22)23)29-18(25)24-10-8-19(9-11-24)7-2-12-28-19/h3-6,17H,2,7-14H2,1H3/t17-/m1/s1. The van der Waals surface area contributed by atoms with Gasteiger partial charge in [0, 0.05) is 19.7 Å².